The van der Waals surface area contributed by atoms with Gasteiger partial charge in [-0.25, -0.2) is 9.97 Å². The zero-order valence-corrected chi connectivity index (χ0v) is 23.7. The predicted molar refractivity (Wildman–Crippen MR) is 168 cm³/mol. The van der Waals surface area contributed by atoms with E-state index in [2.05, 4.69) is 70.6 Å². The molecule has 0 atom stereocenters. The Labute approximate surface area is 250 Å². The van der Waals surface area contributed by atoms with E-state index in [0.29, 0.717) is 23.1 Å². The van der Waals surface area contributed by atoms with Gasteiger partial charge in [-0.3, -0.25) is 0 Å². The van der Waals surface area contributed by atoms with Crippen LogP contribution in [0.25, 0.3) is 22.5 Å². The van der Waals surface area contributed by atoms with Gasteiger partial charge in [0.1, 0.15) is 21.8 Å². The Morgan fingerprint density at radius 1 is 0.439 bits per heavy atom. The zero-order valence-electron chi connectivity index (χ0n) is 22.2. The molecule has 0 aliphatic heterocycles. The highest BCUT2D eigenvalue weighted by atomic mass is 35.5. The maximum atomic E-state index is 6.85. The van der Waals surface area contributed by atoms with E-state index in [0.717, 1.165) is 45.1 Å². The van der Waals surface area contributed by atoms with Crippen LogP contribution in [0.4, 0.5) is 0 Å². The van der Waals surface area contributed by atoms with Crippen molar-refractivity contribution in [1.82, 2.24) is 9.97 Å². The summed E-state index contributed by atoms with van der Waals surface area (Å²) < 4.78 is 6.85. The molecule has 0 bridgehead atoms. The smallest absolute Gasteiger partial charge is 0.131 e. The van der Waals surface area contributed by atoms with Crippen LogP contribution in [0.5, 0.6) is 11.5 Å². The molecule has 0 N–H and O–H groups in total. The quantitative estimate of drug-likeness (QED) is 0.170. The highest BCUT2D eigenvalue weighted by molar-refractivity contribution is 6.29. The summed E-state index contributed by atoms with van der Waals surface area (Å²) in [5.74, 6) is 1.53. The van der Waals surface area contributed by atoms with Gasteiger partial charge < -0.3 is 4.74 Å². The molecule has 0 spiro atoms. The molecule has 0 amide bonds. The lowest BCUT2D eigenvalue weighted by atomic mass is 9.95. The summed E-state index contributed by atoms with van der Waals surface area (Å²) in [7, 11) is 0. The van der Waals surface area contributed by atoms with Crippen LogP contribution >= 0.6 is 23.2 Å². The van der Waals surface area contributed by atoms with Crippen LogP contribution in [0.15, 0.2) is 133 Å². The van der Waals surface area contributed by atoms with Crippen molar-refractivity contribution in [1.29, 1.82) is 0 Å². The van der Waals surface area contributed by atoms with Gasteiger partial charge in [0.25, 0.3) is 0 Å². The minimum atomic E-state index is 0.450. The molecule has 0 radical (unpaired) electrons. The van der Waals surface area contributed by atoms with Crippen molar-refractivity contribution in [2.24, 2.45) is 0 Å². The number of pyridine rings is 2. The van der Waals surface area contributed by atoms with Gasteiger partial charge in [-0.1, -0.05) is 120 Å². The maximum absolute atomic E-state index is 6.85. The van der Waals surface area contributed by atoms with Crippen LogP contribution in [0, 0.1) is 0 Å². The highest BCUT2D eigenvalue weighted by Crippen LogP contribution is 2.39. The number of rotatable bonds is 8. The lowest BCUT2D eigenvalue weighted by Crippen LogP contribution is -2.02. The third-order valence-corrected chi connectivity index (χ3v) is 7.34. The second-order valence-corrected chi connectivity index (χ2v) is 10.5. The van der Waals surface area contributed by atoms with Crippen molar-refractivity contribution in [2.45, 2.75) is 12.8 Å². The van der Waals surface area contributed by atoms with Crippen LogP contribution in [0.3, 0.4) is 0 Å². The Morgan fingerprint density at radius 2 is 0.854 bits per heavy atom. The number of hydrogen-bond donors (Lipinski definition) is 0. The molecular formula is C36H26Cl2N2O. The molecule has 4 aromatic carbocycles. The van der Waals surface area contributed by atoms with Crippen molar-refractivity contribution in [3.05, 3.63) is 166 Å². The summed E-state index contributed by atoms with van der Waals surface area (Å²) in [5, 5.41) is 0.901. The van der Waals surface area contributed by atoms with Crippen molar-refractivity contribution in [3.63, 3.8) is 0 Å². The first kappa shape index (κ1) is 26.8. The monoisotopic (exact) mass is 572 g/mol. The van der Waals surface area contributed by atoms with E-state index < -0.39 is 0 Å². The van der Waals surface area contributed by atoms with Gasteiger partial charge in [0.15, 0.2) is 0 Å². The van der Waals surface area contributed by atoms with E-state index in [9.17, 15) is 0 Å². The van der Waals surface area contributed by atoms with E-state index in [-0.39, 0.29) is 0 Å². The molecule has 0 fully saturated rings. The third kappa shape index (κ3) is 6.33. The molecule has 200 valence electrons. The molecule has 0 saturated heterocycles. The molecule has 2 heterocycles. The number of ether oxygens (including phenoxy) is 1. The van der Waals surface area contributed by atoms with Gasteiger partial charge in [-0.2, -0.15) is 0 Å². The van der Waals surface area contributed by atoms with E-state index >= 15 is 0 Å². The molecule has 0 aliphatic carbocycles. The second kappa shape index (κ2) is 12.4. The van der Waals surface area contributed by atoms with E-state index in [4.69, 9.17) is 27.9 Å². The molecule has 6 aromatic rings. The van der Waals surface area contributed by atoms with E-state index in [1.807, 2.05) is 60.7 Å². The Morgan fingerprint density at radius 3 is 1.27 bits per heavy atom. The van der Waals surface area contributed by atoms with E-state index in [1.165, 1.54) is 11.1 Å². The summed E-state index contributed by atoms with van der Waals surface area (Å²) in [6.45, 7) is 0. The molecular weight excluding hydrogens is 547 g/mol. The van der Waals surface area contributed by atoms with Crippen LogP contribution in [0.2, 0.25) is 10.3 Å². The van der Waals surface area contributed by atoms with Gasteiger partial charge in [0.05, 0.1) is 11.4 Å². The second-order valence-electron chi connectivity index (χ2n) is 9.68. The lowest BCUT2D eigenvalue weighted by molar-refractivity contribution is 0.473. The van der Waals surface area contributed by atoms with Crippen molar-refractivity contribution < 1.29 is 4.74 Å². The molecule has 2 aromatic heterocycles. The van der Waals surface area contributed by atoms with Crippen molar-refractivity contribution >= 4 is 23.2 Å². The summed E-state index contributed by atoms with van der Waals surface area (Å²) >= 11 is 12.6. The third-order valence-electron chi connectivity index (χ3n) is 6.92. The summed E-state index contributed by atoms with van der Waals surface area (Å²) in [6, 6.07) is 44.3. The molecule has 0 saturated carbocycles. The molecule has 0 unspecified atom stereocenters. The highest BCUT2D eigenvalue weighted by Gasteiger charge is 2.18. The van der Waals surface area contributed by atoms with Gasteiger partial charge >= 0.3 is 0 Å². The summed E-state index contributed by atoms with van der Waals surface area (Å²) in [5.41, 5.74) is 7.97. The maximum Gasteiger partial charge on any atom is 0.131 e. The Bertz CT molecular complexity index is 1660. The van der Waals surface area contributed by atoms with Gasteiger partial charge in [0, 0.05) is 35.1 Å². The van der Waals surface area contributed by atoms with Crippen LogP contribution in [-0.2, 0) is 12.8 Å². The molecule has 3 nitrogen and oxygen atoms in total. The number of aromatic nitrogens is 2. The van der Waals surface area contributed by atoms with Gasteiger partial charge in [-0.15, -0.1) is 0 Å². The Kier molecular flexibility index (Phi) is 8.09. The van der Waals surface area contributed by atoms with Crippen LogP contribution in [0.1, 0.15) is 22.3 Å². The van der Waals surface area contributed by atoms with Gasteiger partial charge in [-0.05, 0) is 47.5 Å². The number of halogens is 2. The molecule has 41 heavy (non-hydrogen) atoms. The fraction of sp³-hybridized carbons (Fsp3) is 0.0556. The minimum Gasteiger partial charge on any atom is -0.457 e. The minimum absolute atomic E-state index is 0.450. The standard InChI is InChI=1S/C36H26Cl2N2O/c37-35-21-9-17-31(39-35)27-15-7-19-33(29(27)23-25-11-3-1-4-12-25)41-34-20-8-16-28(32-18-10-22-36(38)40-32)30(34)24-26-13-5-2-6-14-26/h1-22H,23-24H2. The van der Waals surface area contributed by atoms with Crippen molar-refractivity contribution in [3.8, 4) is 34.0 Å². The normalized spacial score (nSPS) is 10.9. The topological polar surface area (TPSA) is 35.0 Å². The first-order valence-electron chi connectivity index (χ1n) is 13.4. The van der Waals surface area contributed by atoms with Crippen LogP contribution in [-0.4, -0.2) is 9.97 Å². The largest absolute Gasteiger partial charge is 0.457 e. The number of nitrogens with zero attached hydrogens (tertiary/aromatic N) is 2. The van der Waals surface area contributed by atoms with E-state index in [1.54, 1.807) is 12.1 Å². The van der Waals surface area contributed by atoms with Gasteiger partial charge in [0.2, 0.25) is 0 Å². The summed E-state index contributed by atoms with van der Waals surface area (Å²) in [4.78, 5) is 9.24. The first-order valence-corrected chi connectivity index (χ1v) is 14.1. The number of hydrogen-bond acceptors (Lipinski definition) is 3. The number of benzene rings is 4. The molecule has 6 rings (SSSR count). The average molecular weight is 574 g/mol. The Hall–Kier alpha value is -4.44. The zero-order chi connectivity index (χ0) is 28.0. The molecule has 5 heteroatoms. The SMILES string of the molecule is Clc1cccc(-c2cccc(Oc3cccc(-c4cccc(Cl)n4)c3Cc3ccccc3)c2Cc2ccccc2)n1. The Balaban J connectivity index is 1.49. The summed E-state index contributed by atoms with van der Waals surface area (Å²) in [6.07, 6.45) is 1.34. The van der Waals surface area contributed by atoms with Crippen LogP contribution < -0.4 is 4.74 Å². The fourth-order valence-corrected chi connectivity index (χ4v) is 5.33. The van der Waals surface area contributed by atoms with Crippen molar-refractivity contribution in [2.75, 3.05) is 0 Å². The molecule has 0 aliphatic rings. The lowest BCUT2D eigenvalue weighted by Gasteiger charge is -2.19. The average Bonchev–Trinajstić information content (AvgIpc) is 3.00. The predicted octanol–water partition coefficient (Wildman–Crippen LogP) is 10.1. The fourth-order valence-electron chi connectivity index (χ4n) is 5.00. The first-order chi connectivity index (χ1) is 20.1.